The number of aliphatic hydroxyl groups is 1. The maximum atomic E-state index is 15.8. The molecule has 4 aromatic rings. The third kappa shape index (κ3) is 6.82. The SMILES string of the molecule is CCC1=C[C@@H]2CN(C1)C[C@H](C(=O)OCc1ccccc1)Cc1c([nH]c3ccccc13)[C@@](C(=O)OC)(c1cc3c(cc1OC)N(C)[C@H]1[C@@](O)(C(=O)OC)[C@H](OC(C)=O)[C@]4(CC)C=CCN5CC[C@]31[C@@H]54)C2. The van der Waals surface area contributed by atoms with Crippen LogP contribution < -0.4 is 9.64 Å². The minimum Gasteiger partial charge on any atom is -0.496 e. The summed E-state index contributed by atoms with van der Waals surface area (Å²) in [4.78, 5) is 68.5. The molecular formula is C55H64N4O10. The van der Waals surface area contributed by atoms with Gasteiger partial charge in [0.2, 0.25) is 5.60 Å². The lowest BCUT2D eigenvalue weighted by Crippen LogP contribution is -2.81. The zero-order chi connectivity index (χ0) is 48.6. The normalized spacial score (nSPS) is 32.2. The van der Waals surface area contributed by atoms with Gasteiger partial charge in [0.1, 0.15) is 17.8 Å². The van der Waals surface area contributed by atoms with Crippen molar-refractivity contribution in [3.05, 3.63) is 118 Å². The van der Waals surface area contributed by atoms with Crippen molar-refractivity contribution in [2.45, 2.75) is 94.1 Å². The molecule has 10 rings (SSSR count). The molecule has 14 heteroatoms. The number of anilines is 1. The molecule has 6 heterocycles. The first kappa shape index (κ1) is 46.8. The number of hydrogen-bond acceptors (Lipinski definition) is 13. The van der Waals surface area contributed by atoms with Crippen molar-refractivity contribution in [1.82, 2.24) is 14.8 Å². The summed E-state index contributed by atoms with van der Waals surface area (Å²) in [5.41, 5.74) is 0.548. The number of methoxy groups -OCH3 is 3. The van der Waals surface area contributed by atoms with E-state index in [9.17, 15) is 19.5 Å². The Morgan fingerprint density at radius 3 is 2.38 bits per heavy atom. The minimum absolute atomic E-state index is 0.134. The smallest absolute Gasteiger partial charge is 0.344 e. The molecular weight excluding hydrogens is 877 g/mol. The first-order valence-electron chi connectivity index (χ1n) is 24.4. The number of likely N-dealkylation sites (N-methyl/N-ethyl adjacent to an activating group) is 1. The van der Waals surface area contributed by atoms with E-state index in [-0.39, 0.29) is 31.0 Å². The summed E-state index contributed by atoms with van der Waals surface area (Å²) in [6.45, 7) is 8.56. The lowest BCUT2D eigenvalue weighted by Gasteiger charge is -2.63. The second kappa shape index (κ2) is 17.5. The van der Waals surface area contributed by atoms with Crippen molar-refractivity contribution in [3.63, 3.8) is 0 Å². The molecule has 2 fully saturated rings. The topological polar surface area (TPSA) is 160 Å². The van der Waals surface area contributed by atoms with Crippen LogP contribution in [0.1, 0.15) is 74.4 Å². The maximum Gasteiger partial charge on any atom is 0.344 e. The number of carbonyl (C=O) groups excluding carboxylic acids is 4. The van der Waals surface area contributed by atoms with Crippen molar-refractivity contribution in [1.29, 1.82) is 0 Å². The number of rotatable bonds is 10. The number of hydrogen-bond donors (Lipinski definition) is 2. The lowest BCUT2D eigenvalue weighted by molar-refractivity contribution is -0.228. The van der Waals surface area contributed by atoms with E-state index in [2.05, 4.69) is 33.8 Å². The van der Waals surface area contributed by atoms with Crippen molar-refractivity contribution in [2.75, 3.05) is 66.0 Å². The van der Waals surface area contributed by atoms with Crippen molar-refractivity contribution < 1.29 is 48.0 Å². The van der Waals surface area contributed by atoms with Gasteiger partial charge in [-0.15, -0.1) is 0 Å². The van der Waals surface area contributed by atoms with Crippen LogP contribution in [0.5, 0.6) is 5.75 Å². The van der Waals surface area contributed by atoms with Gasteiger partial charge >= 0.3 is 23.9 Å². The molecule has 3 aromatic carbocycles. The molecule has 2 N–H and O–H groups in total. The monoisotopic (exact) mass is 940 g/mol. The molecule has 2 bridgehead atoms. The number of nitrogens with zero attached hydrogens (tertiary/aromatic N) is 3. The first-order valence-corrected chi connectivity index (χ1v) is 24.4. The quantitative estimate of drug-likeness (QED) is 0.106. The summed E-state index contributed by atoms with van der Waals surface area (Å²) >= 11 is 0. The Morgan fingerprint density at radius 2 is 1.67 bits per heavy atom. The van der Waals surface area contributed by atoms with Gasteiger partial charge in [-0.05, 0) is 73.4 Å². The average Bonchev–Trinajstić information content (AvgIpc) is 4.02. The predicted molar refractivity (Wildman–Crippen MR) is 259 cm³/mol. The minimum atomic E-state index is -2.34. The molecule has 1 aliphatic carbocycles. The van der Waals surface area contributed by atoms with Gasteiger partial charge in [-0.1, -0.05) is 86.2 Å². The van der Waals surface area contributed by atoms with Gasteiger partial charge < -0.3 is 38.7 Å². The van der Waals surface area contributed by atoms with Crippen LogP contribution >= 0.6 is 0 Å². The molecule has 364 valence electrons. The van der Waals surface area contributed by atoms with Crippen LogP contribution in [-0.2, 0) is 62.0 Å². The lowest BCUT2D eigenvalue weighted by atomic mass is 9.47. The van der Waals surface area contributed by atoms with E-state index in [1.807, 2.05) is 91.7 Å². The highest BCUT2D eigenvalue weighted by Gasteiger charge is 2.80. The highest BCUT2D eigenvalue weighted by Crippen LogP contribution is 2.68. The maximum absolute atomic E-state index is 15.8. The van der Waals surface area contributed by atoms with Crippen LogP contribution in [0.25, 0.3) is 10.9 Å². The van der Waals surface area contributed by atoms with Crippen LogP contribution in [0.2, 0.25) is 0 Å². The Morgan fingerprint density at radius 1 is 0.913 bits per heavy atom. The summed E-state index contributed by atoms with van der Waals surface area (Å²) in [5, 5.41) is 14.4. The Kier molecular flexibility index (Phi) is 11.8. The number of fused-ring (bicyclic) bond motifs is 6. The van der Waals surface area contributed by atoms with E-state index in [4.69, 9.17) is 23.7 Å². The van der Waals surface area contributed by atoms with Gasteiger partial charge in [0.15, 0.2) is 6.10 Å². The van der Waals surface area contributed by atoms with Crippen LogP contribution in [0, 0.1) is 17.3 Å². The van der Waals surface area contributed by atoms with Crippen LogP contribution in [0.3, 0.4) is 0 Å². The molecule has 1 saturated carbocycles. The summed E-state index contributed by atoms with van der Waals surface area (Å²) in [5.74, 6) is -2.70. The molecule has 1 unspecified atom stereocenters. The number of benzene rings is 3. The van der Waals surface area contributed by atoms with Gasteiger partial charge in [-0.25, -0.2) is 4.79 Å². The number of carbonyl (C=O) groups is 4. The zero-order valence-electron chi connectivity index (χ0n) is 40.7. The van der Waals surface area contributed by atoms with Gasteiger partial charge in [0, 0.05) is 90.9 Å². The van der Waals surface area contributed by atoms with Crippen LogP contribution in [0.15, 0.2) is 90.5 Å². The average molecular weight is 941 g/mol. The molecule has 1 spiro atoms. The third-order valence-corrected chi connectivity index (χ3v) is 16.9. The molecule has 10 atom stereocenters. The Labute approximate surface area is 403 Å². The second-order valence-electron chi connectivity index (χ2n) is 20.2. The fourth-order valence-electron chi connectivity index (χ4n) is 14.3. The molecule has 0 amide bonds. The van der Waals surface area contributed by atoms with Crippen molar-refractivity contribution in [3.8, 4) is 5.75 Å². The highest BCUT2D eigenvalue weighted by molar-refractivity contribution is 5.95. The number of nitrogens with one attached hydrogen (secondary N) is 1. The molecule has 0 radical (unpaired) electrons. The number of aromatic amines is 1. The van der Waals surface area contributed by atoms with E-state index in [0.717, 1.165) is 34.0 Å². The van der Waals surface area contributed by atoms with Gasteiger partial charge in [-0.3, -0.25) is 24.2 Å². The fraction of sp³-hybridized carbons (Fsp3) is 0.491. The summed E-state index contributed by atoms with van der Waals surface area (Å²) < 4.78 is 30.4. The zero-order valence-corrected chi connectivity index (χ0v) is 40.7. The predicted octanol–water partition coefficient (Wildman–Crippen LogP) is 6.16. The largest absolute Gasteiger partial charge is 0.496 e. The molecule has 6 aliphatic rings. The van der Waals surface area contributed by atoms with Gasteiger partial charge in [0.05, 0.1) is 33.3 Å². The van der Waals surface area contributed by atoms with E-state index in [0.29, 0.717) is 74.7 Å². The van der Waals surface area contributed by atoms with Crippen LogP contribution in [-0.4, -0.2) is 129 Å². The molecule has 5 aliphatic heterocycles. The van der Waals surface area contributed by atoms with E-state index in [1.54, 1.807) is 7.11 Å². The fourth-order valence-corrected chi connectivity index (χ4v) is 14.3. The Hall–Kier alpha value is -5.96. The van der Waals surface area contributed by atoms with E-state index in [1.165, 1.54) is 26.7 Å². The molecule has 69 heavy (non-hydrogen) atoms. The number of aromatic nitrogens is 1. The standard InChI is InChI=1S/C55H64N4O10/c1-8-34-24-36-28-54(50(62)66-6,45-39(38-18-13-14-19-42(38)56-45)25-37(31-58(29-34)30-36)46(61)68-32-35-16-11-10-12-17-35)41-26-40-43(27-44(41)65-5)57(4)48-53(40)21-23-59-22-15-20-52(9-2,47(53)59)49(69-33(3)60)55(48,64)51(63)67-7/h10-20,24,26-27,36-37,47-49,56,64H,8-9,21-23,25,28-32H2,1-7H3/t36-,37+,47-,48+,49+,52+,53+,54-,55-/m0/s1. The molecule has 1 aromatic heterocycles. The first-order chi connectivity index (χ1) is 33.2. The number of para-hydroxylation sites is 1. The summed E-state index contributed by atoms with van der Waals surface area (Å²) in [6.07, 6.45) is 7.42. The van der Waals surface area contributed by atoms with Crippen molar-refractivity contribution >= 4 is 40.5 Å². The summed E-state index contributed by atoms with van der Waals surface area (Å²) in [7, 11) is 6.12. The number of ether oxygens (including phenoxy) is 5. The van der Waals surface area contributed by atoms with E-state index >= 15 is 4.79 Å². The van der Waals surface area contributed by atoms with Gasteiger partial charge in [-0.2, -0.15) is 0 Å². The van der Waals surface area contributed by atoms with Crippen LogP contribution in [0.4, 0.5) is 5.69 Å². The Balaban J connectivity index is 1.24. The van der Waals surface area contributed by atoms with E-state index < -0.39 is 57.8 Å². The molecule has 1 saturated heterocycles. The summed E-state index contributed by atoms with van der Waals surface area (Å²) in [6, 6.07) is 20.3. The second-order valence-corrected chi connectivity index (χ2v) is 20.2. The van der Waals surface area contributed by atoms with Crippen molar-refractivity contribution in [2.24, 2.45) is 17.3 Å². The molecule has 14 nitrogen and oxygen atoms in total. The Bertz CT molecular complexity index is 2770. The number of H-pyrrole nitrogens is 1. The number of esters is 4. The highest BCUT2D eigenvalue weighted by atomic mass is 16.6. The third-order valence-electron chi connectivity index (χ3n) is 16.9. The van der Waals surface area contributed by atoms with Gasteiger partial charge in [0.25, 0.3) is 0 Å².